The minimum Gasteiger partial charge on any atom is -0.444 e. The zero-order valence-electron chi connectivity index (χ0n) is 22.2. The van der Waals surface area contributed by atoms with Crippen molar-refractivity contribution in [1.29, 1.82) is 0 Å². The first-order valence-corrected chi connectivity index (χ1v) is 13.8. The quantitative estimate of drug-likeness (QED) is 0.228. The van der Waals surface area contributed by atoms with Crippen molar-refractivity contribution in [3.05, 3.63) is 49.1 Å². The van der Waals surface area contributed by atoms with Crippen LogP contribution in [0.3, 0.4) is 0 Å². The molecule has 0 saturated carbocycles. The number of pyridine rings is 2. The van der Waals surface area contributed by atoms with E-state index in [0.29, 0.717) is 28.2 Å². The van der Waals surface area contributed by atoms with Gasteiger partial charge in [0.15, 0.2) is 11.5 Å². The fourth-order valence-corrected chi connectivity index (χ4v) is 4.33. The van der Waals surface area contributed by atoms with Gasteiger partial charge in [-0.1, -0.05) is 0 Å². The summed E-state index contributed by atoms with van der Waals surface area (Å²) in [6, 6.07) is 6.35. The molecule has 0 radical (unpaired) electrons. The monoisotopic (exact) mass is 571 g/mol. The number of aromatic nitrogens is 6. The second kappa shape index (κ2) is 11.4. The Hall–Kier alpha value is -4.41. The molecule has 212 valence electrons. The molecular weight excluding hydrogens is 542 g/mol. The van der Waals surface area contributed by atoms with Gasteiger partial charge in [0.2, 0.25) is 16.0 Å². The molecule has 0 saturated heterocycles. The van der Waals surface area contributed by atoms with Crippen molar-refractivity contribution in [2.45, 2.75) is 32.5 Å². The molecule has 1 amide bonds. The van der Waals surface area contributed by atoms with Crippen molar-refractivity contribution >= 4 is 50.3 Å². The Balaban J connectivity index is 1.51. The highest BCUT2D eigenvalue weighted by molar-refractivity contribution is 7.92. The Kier molecular flexibility index (Phi) is 8.13. The first-order chi connectivity index (χ1) is 18.8. The summed E-state index contributed by atoms with van der Waals surface area (Å²) < 4.78 is 31.9. The third kappa shape index (κ3) is 7.16. The Morgan fingerprint density at radius 1 is 1.07 bits per heavy atom. The largest absolute Gasteiger partial charge is 0.444 e. The fraction of sp³-hybridized carbons (Fsp3) is 0.333. The molecule has 0 aromatic carbocycles. The van der Waals surface area contributed by atoms with Crippen LogP contribution in [-0.4, -0.2) is 85.6 Å². The van der Waals surface area contributed by atoms with Crippen LogP contribution in [0.4, 0.5) is 27.9 Å². The maximum Gasteiger partial charge on any atom is 0.412 e. The number of sulfonamides is 1. The molecule has 0 spiro atoms. The van der Waals surface area contributed by atoms with E-state index in [1.54, 1.807) is 51.4 Å². The number of nitrogens with one attached hydrogen (secondary N) is 2. The number of carbonyl (C=O) groups is 1. The third-order valence-corrected chi connectivity index (χ3v) is 6.30. The van der Waals surface area contributed by atoms with Crippen LogP contribution in [0.15, 0.2) is 49.1 Å². The van der Waals surface area contributed by atoms with Crippen LogP contribution in [-0.2, 0) is 14.8 Å². The average molecular weight is 572 g/mol. The summed E-state index contributed by atoms with van der Waals surface area (Å²) in [6.45, 7) is 4.38. The second-order valence-electron chi connectivity index (χ2n) is 9.72. The number of hydrogen-bond donors (Lipinski definition) is 4. The zero-order valence-corrected chi connectivity index (χ0v) is 23.0. The standard InChI is InChI=1S/C24H29N9O6S/c1-24(2,3)39-23(36)30-17-6-8-20(26-12-17)33-21-15(10-28-33)9-27-22(31-21)29-16-5-7-19(25-11-16)32(40(4,37)38)13-18(35)14-34/h5-12,18,34-35H,13-14H2,1-4H3,(H,30,36)(H,27,29,31). The number of carbonyl (C=O) groups excluding carboxylic acids is 1. The summed E-state index contributed by atoms with van der Waals surface area (Å²) in [4.78, 5) is 29.3. The van der Waals surface area contributed by atoms with Crippen molar-refractivity contribution in [2.24, 2.45) is 0 Å². The number of rotatable bonds is 9. The van der Waals surface area contributed by atoms with E-state index in [1.165, 1.54) is 23.1 Å². The Labute approximate surface area is 229 Å². The first-order valence-electron chi connectivity index (χ1n) is 12.0. The molecule has 4 heterocycles. The minimum atomic E-state index is -3.75. The van der Waals surface area contributed by atoms with Gasteiger partial charge in [-0.05, 0) is 45.0 Å². The van der Waals surface area contributed by atoms with E-state index in [9.17, 15) is 18.3 Å². The lowest BCUT2D eigenvalue weighted by Crippen LogP contribution is -2.38. The van der Waals surface area contributed by atoms with Gasteiger partial charge in [-0.25, -0.2) is 28.2 Å². The van der Waals surface area contributed by atoms with Crippen LogP contribution in [0.2, 0.25) is 0 Å². The van der Waals surface area contributed by atoms with Gasteiger partial charge in [0.25, 0.3) is 0 Å². The predicted molar refractivity (Wildman–Crippen MR) is 147 cm³/mol. The molecule has 1 unspecified atom stereocenters. The number of hydrogen-bond acceptors (Lipinski definition) is 12. The van der Waals surface area contributed by atoms with Gasteiger partial charge in [-0.15, -0.1) is 0 Å². The molecule has 15 nitrogen and oxygen atoms in total. The molecule has 16 heteroatoms. The highest BCUT2D eigenvalue weighted by Crippen LogP contribution is 2.22. The number of ether oxygens (including phenoxy) is 1. The lowest BCUT2D eigenvalue weighted by molar-refractivity contribution is 0.0636. The lowest BCUT2D eigenvalue weighted by Gasteiger charge is -2.23. The van der Waals surface area contributed by atoms with Gasteiger partial charge in [0.05, 0.1) is 60.9 Å². The summed E-state index contributed by atoms with van der Waals surface area (Å²) in [7, 11) is -3.75. The van der Waals surface area contributed by atoms with Crippen molar-refractivity contribution in [2.75, 3.05) is 34.3 Å². The Morgan fingerprint density at radius 2 is 1.80 bits per heavy atom. The van der Waals surface area contributed by atoms with E-state index >= 15 is 0 Å². The number of anilines is 4. The molecule has 0 aliphatic carbocycles. The summed E-state index contributed by atoms with van der Waals surface area (Å²) >= 11 is 0. The highest BCUT2D eigenvalue weighted by atomic mass is 32.2. The summed E-state index contributed by atoms with van der Waals surface area (Å²) in [6.07, 6.45) is 5.16. The van der Waals surface area contributed by atoms with Gasteiger partial charge in [0, 0.05) is 6.20 Å². The van der Waals surface area contributed by atoms with Crippen molar-refractivity contribution < 1.29 is 28.2 Å². The molecule has 4 aromatic heterocycles. The summed E-state index contributed by atoms with van der Waals surface area (Å²) in [5.41, 5.74) is 0.752. The average Bonchev–Trinajstić information content (AvgIpc) is 3.29. The first kappa shape index (κ1) is 28.6. The van der Waals surface area contributed by atoms with E-state index in [1.807, 2.05) is 0 Å². The smallest absolute Gasteiger partial charge is 0.412 e. The van der Waals surface area contributed by atoms with Crippen LogP contribution in [0.5, 0.6) is 0 Å². The molecule has 1 atom stereocenters. The second-order valence-corrected chi connectivity index (χ2v) is 11.6. The van der Waals surface area contributed by atoms with Crippen molar-refractivity contribution in [3.63, 3.8) is 0 Å². The molecule has 40 heavy (non-hydrogen) atoms. The van der Waals surface area contributed by atoms with Crippen LogP contribution < -0.4 is 14.9 Å². The number of aliphatic hydroxyl groups is 2. The topological polar surface area (TPSA) is 198 Å². The molecule has 4 N–H and O–H groups in total. The van der Waals surface area contributed by atoms with Gasteiger partial charge in [-0.3, -0.25) is 9.62 Å². The number of amides is 1. The maximum absolute atomic E-state index is 12.1. The van der Waals surface area contributed by atoms with E-state index < -0.39 is 34.4 Å². The zero-order chi connectivity index (χ0) is 29.1. The van der Waals surface area contributed by atoms with E-state index in [2.05, 4.69) is 35.7 Å². The molecule has 4 aromatic rings. The van der Waals surface area contributed by atoms with Crippen LogP contribution in [0.25, 0.3) is 16.9 Å². The van der Waals surface area contributed by atoms with Gasteiger partial charge in [0.1, 0.15) is 11.4 Å². The predicted octanol–water partition coefficient (Wildman–Crippen LogP) is 1.82. The van der Waals surface area contributed by atoms with E-state index in [0.717, 1.165) is 10.6 Å². The van der Waals surface area contributed by atoms with Crippen LogP contribution in [0, 0.1) is 0 Å². The van der Waals surface area contributed by atoms with Crippen molar-refractivity contribution in [1.82, 2.24) is 29.7 Å². The number of nitrogens with zero attached hydrogens (tertiary/aromatic N) is 7. The van der Waals surface area contributed by atoms with Crippen molar-refractivity contribution in [3.8, 4) is 5.82 Å². The fourth-order valence-electron chi connectivity index (χ4n) is 3.44. The Bertz CT molecular complexity index is 1590. The third-order valence-electron chi connectivity index (χ3n) is 5.17. The molecule has 0 fully saturated rings. The SMILES string of the molecule is CC(C)(C)OC(=O)Nc1ccc(-n2ncc3cnc(Nc4ccc(N(CC(O)CO)S(C)(=O)=O)nc4)nc32)nc1. The lowest BCUT2D eigenvalue weighted by atomic mass is 10.2. The molecule has 4 rings (SSSR count). The number of fused-ring (bicyclic) bond motifs is 1. The van der Waals surface area contributed by atoms with E-state index in [-0.39, 0.29) is 18.3 Å². The van der Waals surface area contributed by atoms with Gasteiger partial charge >= 0.3 is 6.09 Å². The number of aliphatic hydroxyl groups excluding tert-OH is 2. The molecule has 0 bridgehead atoms. The Morgan fingerprint density at radius 3 is 2.40 bits per heavy atom. The molecular formula is C24H29N9O6S. The molecule has 0 aliphatic rings. The minimum absolute atomic E-state index is 0.0747. The highest BCUT2D eigenvalue weighted by Gasteiger charge is 2.22. The maximum atomic E-state index is 12.1. The normalized spacial score (nSPS) is 12.7. The van der Waals surface area contributed by atoms with E-state index in [4.69, 9.17) is 9.84 Å². The van der Waals surface area contributed by atoms with Crippen LogP contribution >= 0.6 is 0 Å². The summed E-state index contributed by atoms with van der Waals surface area (Å²) in [5, 5.41) is 29.4. The van der Waals surface area contributed by atoms with Crippen LogP contribution in [0.1, 0.15) is 20.8 Å². The van der Waals surface area contributed by atoms with Gasteiger partial charge in [-0.2, -0.15) is 14.8 Å². The summed E-state index contributed by atoms with van der Waals surface area (Å²) in [5.74, 6) is 0.750. The van der Waals surface area contributed by atoms with Gasteiger partial charge < -0.3 is 20.3 Å². The molecule has 0 aliphatic heterocycles.